The first-order chi connectivity index (χ1) is 22.4. The molecule has 4 aromatic rings. The summed E-state index contributed by atoms with van der Waals surface area (Å²) in [6, 6.07) is 23.6. The van der Waals surface area contributed by atoms with Crippen LogP contribution in [0.4, 0.5) is 10.1 Å². The molecule has 4 aromatic carbocycles. The minimum atomic E-state index is -4.46. The van der Waals surface area contributed by atoms with Crippen molar-refractivity contribution in [3.05, 3.63) is 119 Å². The number of nitrogens with zero attached hydrogens (tertiary/aromatic N) is 2. The molecule has 0 bridgehead atoms. The number of sulfonamides is 1. The third-order valence-corrected chi connectivity index (χ3v) is 9.48. The summed E-state index contributed by atoms with van der Waals surface area (Å²) in [5.41, 5.74) is 1.40. The van der Waals surface area contributed by atoms with Crippen molar-refractivity contribution < 1.29 is 31.9 Å². The van der Waals surface area contributed by atoms with Crippen LogP contribution in [0.2, 0.25) is 5.02 Å². The van der Waals surface area contributed by atoms with Gasteiger partial charge in [-0.05, 0) is 67.4 Å². The fourth-order valence-electron chi connectivity index (χ4n) is 4.99. The summed E-state index contributed by atoms with van der Waals surface area (Å²) >= 11 is 6.52. The van der Waals surface area contributed by atoms with E-state index < -0.39 is 40.2 Å². The van der Waals surface area contributed by atoms with Crippen molar-refractivity contribution in [2.24, 2.45) is 0 Å². The molecule has 0 aliphatic heterocycles. The Morgan fingerprint density at radius 2 is 1.51 bits per heavy atom. The average molecular weight is 682 g/mol. The quantitative estimate of drug-likeness (QED) is 0.179. The molecule has 47 heavy (non-hydrogen) atoms. The van der Waals surface area contributed by atoms with E-state index in [0.29, 0.717) is 16.3 Å². The van der Waals surface area contributed by atoms with Gasteiger partial charge in [-0.25, -0.2) is 12.8 Å². The number of ether oxygens (including phenoxy) is 2. The molecule has 0 heterocycles. The second-order valence-corrected chi connectivity index (χ2v) is 13.3. The zero-order valence-electron chi connectivity index (χ0n) is 26.5. The van der Waals surface area contributed by atoms with Crippen LogP contribution in [0.1, 0.15) is 25.0 Å². The van der Waals surface area contributed by atoms with E-state index >= 15 is 0 Å². The topological polar surface area (TPSA) is 105 Å². The second kappa shape index (κ2) is 15.8. The third-order valence-electron chi connectivity index (χ3n) is 7.34. The predicted molar refractivity (Wildman–Crippen MR) is 180 cm³/mol. The average Bonchev–Trinajstić information content (AvgIpc) is 3.06. The van der Waals surface area contributed by atoms with Gasteiger partial charge in [0.05, 0.1) is 24.8 Å². The first-order valence-electron chi connectivity index (χ1n) is 14.8. The number of halogens is 2. The summed E-state index contributed by atoms with van der Waals surface area (Å²) in [6.07, 6.45) is 0.147. The van der Waals surface area contributed by atoms with Gasteiger partial charge in [-0.3, -0.25) is 13.9 Å². The number of anilines is 1. The number of nitrogens with one attached hydrogen (secondary N) is 1. The van der Waals surface area contributed by atoms with E-state index in [1.807, 2.05) is 44.2 Å². The van der Waals surface area contributed by atoms with Crippen LogP contribution >= 0.6 is 11.6 Å². The van der Waals surface area contributed by atoms with E-state index in [-0.39, 0.29) is 35.3 Å². The fourth-order valence-corrected chi connectivity index (χ4v) is 6.61. The molecule has 0 saturated heterocycles. The van der Waals surface area contributed by atoms with Crippen LogP contribution in [0.25, 0.3) is 0 Å². The van der Waals surface area contributed by atoms with Crippen LogP contribution in [0.15, 0.2) is 102 Å². The van der Waals surface area contributed by atoms with Crippen LogP contribution < -0.4 is 19.1 Å². The summed E-state index contributed by atoms with van der Waals surface area (Å²) in [4.78, 5) is 29.4. The highest BCUT2D eigenvalue weighted by Crippen LogP contribution is 2.32. The Kier molecular flexibility index (Phi) is 11.8. The van der Waals surface area contributed by atoms with E-state index in [9.17, 15) is 22.4 Å². The lowest BCUT2D eigenvalue weighted by molar-refractivity contribution is -0.140. The number of hydrogen-bond donors (Lipinski definition) is 1. The summed E-state index contributed by atoms with van der Waals surface area (Å²) in [6.45, 7) is 2.82. The molecule has 0 fully saturated rings. The molecule has 0 saturated carbocycles. The van der Waals surface area contributed by atoms with Crippen molar-refractivity contribution in [3.63, 3.8) is 0 Å². The van der Waals surface area contributed by atoms with Gasteiger partial charge in [0.1, 0.15) is 18.4 Å². The van der Waals surface area contributed by atoms with E-state index in [4.69, 9.17) is 21.1 Å². The van der Waals surface area contributed by atoms with Crippen molar-refractivity contribution in [2.75, 3.05) is 25.1 Å². The van der Waals surface area contributed by atoms with Gasteiger partial charge < -0.3 is 19.7 Å². The Hall–Kier alpha value is -4.61. The zero-order valence-corrected chi connectivity index (χ0v) is 28.1. The van der Waals surface area contributed by atoms with Gasteiger partial charge in [-0.1, -0.05) is 60.1 Å². The van der Waals surface area contributed by atoms with Crippen LogP contribution in [0.5, 0.6) is 11.5 Å². The summed E-state index contributed by atoms with van der Waals surface area (Å²) in [7, 11) is -1.66. The molecule has 1 N–H and O–H groups in total. The highest BCUT2D eigenvalue weighted by molar-refractivity contribution is 7.92. The number of carbonyl (C=O) groups is 2. The van der Waals surface area contributed by atoms with E-state index in [0.717, 1.165) is 22.0 Å². The molecule has 0 radical (unpaired) electrons. The van der Waals surface area contributed by atoms with Gasteiger partial charge in [0.15, 0.2) is 11.5 Å². The van der Waals surface area contributed by atoms with Crippen LogP contribution in [0, 0.1) is 5.82 Å². The molecule has 0 unspecified atom stereocenters. The van der Waals surface area contributed by atoms with Crippen molar-refractivity contribution in [3.8, 4) is 11.5 Å². The van der Waals surface area contributed by atoms with Crippen LogP contribution in [-0.2, 0) is 32.6 Å². The molecule has 2 amide bonds. The van der Waals surface area contributed by atoms with E-state index in [2.05, 4.69) is 5.32 Å². The maximum absolute atomic E-state index is 14.5. The molecule has 0 spiro atoms. The SMILES string of the molecule is COc1ccc(S(=O)(=O)N(CC(=O)N(Cc2ccccc2Cl)[C@@H](Cc2ccccc2)C(=O)NC(C)C)c2ccc(F)cc2)cc1OC. The van der Waals surface area contributed by atoms with E-state index in [1.165, 1.54) is 49.5 Å². The largest absolute Gasteiger partial charge is 0.493 e. The van der Waals surface area contributed by atoms with Crippen molar-refractivity contribution in [1.29, 1.82) is 0 Å². The van der Waals surface area contributed by atoms with Crippen LogP contribution in [-0.4, -0.2) is 58.0 Å². The van der Waals surface area contributed by atoms with Crippen molar-refractivity contribution in [2.45, 2.75) is 43.8 Å². The minimum Gasteiger partial charge on any atom is -0.493 e. The highest BCUT2D eigenvalue weighted by Gasteiger charge is 2.35. The molecular weight excluding hydrogens is 645 g/mol. The Bertz CT molecular complexity index is 1790. The molecule has 9 nitrogen and oxygen atoms in total. The summed E-state index contributed by atoms with van der Waals surface area (Å²) < 4.78 is 54.0. The number of benzene rings is 4. The summed E-state index contributed by atoms with van der Waals surface area (Å²) in [5.74, 6) is -1.22. The van der Waals surface area contributed by atoms with Crippen LogP contribution in [0.3, 0.4) is 0 Å². The van der Waals surface area contributed by atoms with E-state index in [1.54, 1.807) is 24.3 Å². The molecule has 0 aliphatic carbocycles. The number of methoxy groups -OCH3 is 2. The smallest absolute Gasteiger partial charge is 0.264 e. The lowest BCUT2D eigenvalue weighted by Crippen LogP contribution is -2.54. The van der Waals surface area contributed by atoms with Crippen molar-refractivity contribution >= 4 is 39.1 Å². The molecule has 4 rings (SSSR count). The van der Waals surface area contributed by atoms with Gasteiger partial charge >= 0.3 is 0 Å². The molecule has 1 atom stereocenters. The predicted octanol–water partition coefficient (Wildman–Crippen LogP) is 5.86. The number of rotatable bonds is 14. The third kappa shape index (κ3) is 8.81. The Morgan fingerprint density at radius 1 is 0.872 bits per heavy atom. The highest BCUT2D eigenvalue weighted by atomic mass is 35.5. The molecule has 248 valence electrons. The van der Waals surface area contributed by atoms with Gasteiger partial charge in [-0.2, -0.15) is 0 Å². The Morgan fingerprint density at radius 3 is 2.13 bits per heavy atom. The van der Waals surface area contributed by atoms with Gasteiger partial charge in [-0.15, -0.1) is 0 Å². The number of carbonyl (C=O) groups excluding carboxylic acids is 2. The molecule has 0 aliphatic rings. The zero-order chi connectivity index (χ0) is 34.1. The lowest BCUT2D eigenvalue weighted by atomic mass is 10.0. The number of amides is 2. The fraction of sp³-hybridized carbons (Fsp3) is 0.257. The Balaban J connectivity index is 1.83. The lowest BCUT2D eigenvalue weighted by Gasteiger charge is -2.34. The molecular formula is C35H37ClFN3O6S. The first-order valence-corrected chi connectivity index (χ1v) is 16.6. The maximum Gasteiger partial charge on any atom is 0.264 e. The maximum atomic E-state index is 14.5. The normalized spacial score (nSPS) is 11.9. The minimum absolute atomic E-state index is 0.0402. The standard InChI is InChI=1S/C35H37ClFN3O6S/c1-24(2)38-35(42)31(20-25-10-6-5-7-11-25)39(22-26-12-8-9-13-30(26)36)34(41)23-40(28-16-14-27(37)15-17-28)47(43,44)29-18-19-32(45-3)33(21-29)46-4/h5-19,21,24,31H,20,22-23H2,1-4H3,(H,38,42)/t31-/m0/s1. The van der Waals surface area contributed by atoms with Gasteiger partial charge in [0, 0.05) is 30.1 Å². The Labute approximate surface area is 279 Å². The van der Waals surface area contributed by atoms with Gasteiger partial charge in [0.25, 0.3) is 10.0 Å². The van der Waals surface area contributed by atoms with Crippen molar-refractivity contribution in [1.82, 2.24) is 10.2 Å². The monoisotopic (exact) mass is 681 g/mol. The first kappa shape index (κ1) is 35.2. The summed E-state index contributed by atoms with van der Waals surface area (Å²) in [5, 5.41) is 3.28. The molecule has 0 aromatic heterocycles. The van der Waals surface area contributed by atoms with Gasteiger partial charge in [0.2, 0.25) is 11.8 Å². The second-order valence-electron chi connectivity index (χ2n) is 11.0. The number of hydrogen-bond acceptors (Lipinski definition) is 6. The molecule has 12 heteroatoms.